The highest BCUT2D eigenvalue weighted by molar-refractivity contribution is 9.10. The van der Waals surface area contributed by atoms with Crippen molar-refractivity contribution in [3.63, 3.8) is 0 Å². The van der Waals surface area contributed by atoms with E-state index in [2.05, 4.69) is 33.4 Å². The summed E-state index contributed by atoms with van der Waals surface area (Å²) in [7, 11) is 0. The minimum absolute atomic E-state index is 0.0901. The maximum absolute atomic E-state index is 12.9. The molecule has 3 aromatic carbocycles. The van der Waals surface area contributed by atoms with Gasteiger partial charge >= 0.3 is 0 Å². The zero-order valence-electron chi connectivity index (χ0n) is 16.6. The highest BCUT2D eigenvalue weighted by Gasteiger charge is 2.19. The summed E-state index contributed by atoms with van der Waals surface area (Å²) in [6.45, 7) is 1.29. The van der Waals surface area contributed by atoms with Crippen LogP contribution in [-0.4, -0.2) is 19.1 Å². The number of rotatable bonds is 6. The van der Waals surface area contributed by atoms with Gasteiger partial charge in [-0.3, -0.25) is 4.79 Å². The summed E-state index contributed by atoms with van der Waals surface area (Å²) in [5.41, 5.74) is 2.90. The minimum atomic E-state index is -0.140. The van der Waals surface area contributed by atoms with E-state index in [-0.39, 0.29) is 11.9 Å². The molecule has 0 spiro atoms. The van der Waals surface area contributed by atoms with Crippen molar-refractivity contribution in [1.29, 1.82) is 0 Å². The van der Waals surface area contributed by atoms with Crippen LogP contribution in [0.25, 0.3) is 0 Å². The van der Waals surface area contributed by atoms with Crippen molar-refractivity contribution in [2.45, 2.75) is 25.3 Å². The van der Waals surface area contributed by atoms with Crippen molar-refractivity contribution < 1.29 is 14.3 Å². The Morgan fingerprint density at radius 3 is 2.43 bits per heavy atom. The zero-order chi connectivity index (χ0) is 20.8. The van der Waals surface area contributed by atoms with E-state index in [0.29, 0.717) is 18.8 Å². The Balaban J connectivity index is 1.57. The standard InChI is InChI=1S/C25H24BrNO3/c26-21-11-8-19(9-12-21)25(28)27-22(13-7-18-5-2-1-3-6-18)20-10-14-23-24(17-20)30-16-4-15-29-23/h1-3,5-6,8-12,14,17,22H,4,7,13,15-16H2,(H,27,28). The second-order valence-electron chi connectivity index (χ2n) is 7.31. The average molecular weight is 466 g/mol. The van der Waals surface area contributed by atoms with Crippen molar-refractivity contribution in [1.82, 2.24) is 5.32 Å². The number of fused-ring (bicyclic) bond motifs is 1. The van der Waals surface area contributed by atoms with E-state index in [1.165, 1.54) is 5.56 Å². The number of nitrogens with one attached hydrogen (secondary N) is 1. The van der Waals surface area contributed by atoms with Crippen molar-refractivity contribution in [3.8, 4) is 11.5 Å². The molecule has 1 amide bonds. The van der Waals surface area contributed by atoms with Gasteiger partial charge in [0.15, 0.2) is 11.5 Å². The predicted octanol–water partition coefficient (Wildman–Crippen LogP) is 5.71. The van der Waals surface area contributed by atoms with Crippen LogP contribution in [0.5, 0.6) is 11.5 Å². The van der Waals surface area contributed by atoms with E-state index in [4.69, 9.17) is 9.47 Å². The van der Waals surface area contributed by atoms with Crippen LogP contribution in [0.2, 0.25) is 0 Å². The molecule has 4 rings (SSSR count). The number of amides is 1. The van der Waals surface area contributed by atoms with Gasteiger partial charge in [0, 0.05) is 16.5 Å². The summed E-state index contributed by atoms with van der Waals surface area (Å²) in [6, 6.07) is 23.5. The molecule has 3 aromatic rings. The first-order valence-corrected chi connectivity index (χ1v) is 11.0. The van der Waals surface area contributed by atoms with Gasteiger partial charge in [-0.25, -0.2) is 0 Å². The van der Waals surface area contributed by atoms with E-state index in [0.717, 1.165) is 40.8 Å². The van der Waals surface area contributed by atoms with Gasteiger partial charge < -0.3 is 14.8 Å². The second kappa shape index (κ2) is 9.81. The summed E-state index contributed by atoms with van der Waals surface area (Å²) in [4.78, 5) is 12.9. The molecule has 0 bridgehead atoms. The van der Waals surface area contributed by atoms with Crippen molar-refractivity contribution in [2.75, 3.05) is 13.2 Å². The van der Waals surface area contributed by atoms with Gasteiger partial charge in [-0.1, -0.05) is 52.3 Å². The third-order valence-corrected chi connectivity index (χ3v) is 5.68. The van der Waals surface area contributed by atoms with Crippen LogP contribution in [0, 0.1) is 0 Å². The Morgan fingerprint density at radius 1 is 0.933 bits per heavy atom. The van der Waals surface area contributed by atoms with E-state index in [9.17, 15) is 4.79 Å². The first-order valence-electron chi connectivity index (χ1n) is 10.2. The Labute approximate surface area is 185 Å². The van der Waals surface area contributed by atoms with Crippen molar-refractivity contribution >= 4 is 21.8 Å². The third-order valence-electron chi connectivity index (χ3n) is 5.15. The summed E-state index contributed by atoms with van der Waals surface area (Å²) < 4.78 is 12.6. The zero-order valence-corrected chi connectivity index (χ0v) is 18.2. The number of aryl methyl sites for hydroxylation is 1. The molecular weight excluding hydrogens is 442 g/mol. The van der Waals surface area contributed by atoms with Crippen LogP contribution in [0.1, 0.15) is 40.4 Å². The lowest BCUT2D eigenvalue weighted by Gasteiger charge is -2.21. The molecule has 30 heavy (non-hydrogen) atoms. The lowest BCUT2D eigenvalue weighted by molar-refractivity contribution is 0.0934. The highest BCUT2D eigenvalue weighted by Crippen LogP contribution is 2.33. The molecule has 0 fully saturated rings. The molecule has 0 saturated carbocycles. The van der Waals surface area contributed by atoms with Gasteiger partial charge in [0.05, 0.1) is 19.3 Å². The van der Waals surface area contributed by atoms with Crippen LogP contribution >= 0.6 is 15.9 Å². The largest absolute Gasteiger partial charge is 0.490 e. The maximum Gasteiger partial charge on any atom is 0.251 e. The molecule has 0 aliphatic carbocycles. The van der Waals surface area contributed by atoms with Gasteiger partial charge in [0.25, 0.3) is 5.91 Å². The fraction of sp³-hybridized carbons (Fsp3) is 0.240. The Bertz CT molecular complexity index is 989. The van der Waals surface area contributed by atoms with E-state index >= 15 is 0 Å². The molecule has 154 valence electrons. The Morgan fingerprint density at radius 2 is 1.67 bits per heavy atom. The van der Waals surface area contributed by atoms with Gasteiger partial charge in [0.2, 0.25) is 0 Å². The topological polar surface area (TPSA) is 47.6 Å². The lowest BCUT2D eigenvalue weighted by Crippen LogP contribution is -2.29. The average Bonchev–Trinajstić information content (AvgIpc) is 3.02. The second-order valence-corrected chi connectivity index (χ2v) is 8.23. The molecule has 0 aromatic heterocycles. The lowest BCUT2D eigenvalue weighted by atomic mass is 9.98. The Kier molecular flexibility index (Phi) is 6.70. The molecule has 0 radical (unpaired) electrons. The molecule has 1 N–H and O–H groups in total. The molecule has 4 nitrogen and oxygen atoms in total. The van der Waals surface area contributed by atoms with Gasteiger partial charge in [0.1, 0.15) is 0 Å². The number of hydrogen-bond acceptors (Lipinski definition) is 3. The molecule has 1 aliphatic rings. The quantitative estimate of drug-likeness (QED) is 0.506. The molecule has 5 heteroatoms. The van der Waals surface area contributed by atoms with Crippen LogP contribution in [0.15, 0.2) is 77.3 Å². The van der Waals surface area contributed by atoms with Crippen molar-refractivity contribution in [2.24, 2.45) is 0 Å². The molecule has 1 unspecified atom stereocenters. The molecule has 1 atom stereocenters. The number of halogens is 1. The number of carbonyl (C=O) groups is 1. The first-order chi connectivity index (χ1) is 14.7. The predicted molar refractivity (Wildman–Crippen MR) is 121 cm³/mol. The van der Waals surface area contributed by atoms with Crippen molar-refractivity contribution in [3.05, 3.63) is 94.0 Å². The van der Waals surface area contributed by atoms with Crippen LogP contribution in [0.3, 0.4) is 0 Å². The van der Waals surface area contributed by atoms with Gasteiger partial charge in [-0.15, -0.1) is 0 Å². The molecule has 1 aliphatic heterocycles. The third kappa shape index (κ3) is 5.22. The normalized spacial score (nSPS) is 13.9. The van der Waals surface area contributed by atoms with E-state index in [1.54, 1.807) is 0 Å². The van der Waals surface area contributed by atoms with E-state index in [1.807, 2.05) is 60.7 Å². The highest BCUT2D eigenvalue weighted by atomic mass is 79.9. The number of carbonyl (C=O) groups excluding carboxylic acids is 1. The number of ether oxygens (including phenoxy) is 2. The minimum Gasteiger partial charge on any atom is -0.490 e. The van der Waals surface area contributed by atoms with Gasteiger partial charge in [-0.2, -0.15) is 0 Å². The fourth-order valence-corrected chi connectivity index (χ4v) is 3.78. The maximum atomic E-state index is 12.9. The number of benzene rings is 3. The summed E-state index contributed by atoms with van der Waals surface area (Å²) in [6.07, 6.45) is 2.51. The smallest absolute Gasteiger partial charge is 0.251 e. The summed E-state index contributed by atoms with van der Waals surface area (Å²) in [5.74, 6) is 1.41. The van der Waals surface area contributed by atoms with Gasteiger partial charge in [-0.05, 0) is 60.4 Å². The fourth-order valence-electron chi connectivity index (χ4n) is 3.52. The monoisotopic (exact) mass is 465 g/mol. The first kappa shape index (κ1) is 20.5. The van der Waals surface area contributed by atoms with Crippen LogP contribution < -0.4 is 14.8 Å². The SMILES string of the molecule is O=C(NC(CCc1ccccc1)c1ccc2c(c1)OCCCO2)c1ccc(Br)cc1. The van der Waals surface area contributed by atoms with E-state index < -0.39 is 0 Å². The van der Waals surface area contributed by atoms with Crippen LogP contribution in [0.4, 0.5) is 0 Å². The van der Waals surface area contributed by atoms with Crippen LogP contribution in [-0.2, 0) is 6.42 Å². The molecule has 0 saturated heterocycles. The number of hydrogen-bond donors (Lipinski definition) is 1. The molecular formula is C25H24BrNO3. The molecule has 1 heterocycles. The summed E-state index contributed by atoms with van der Waals surface area (Å²) in [5, 5.41) is 3.21. The Hall–Kier alpha value is -2.79. The summed E-state index contributed by atoms with van der Waals surface area (Å²) >= 11 is 3.42.